The van der Waals surface area contributed by atoms with E-state index in [-0.39, 0.29) is 63.2 Å². The molecule has 2 aromatic rings. The molecule has 1 aliphatic rings. The molecule has 1 heterocycles. The number of phenols is 6. The predicted molar refractivity (Wildman–Crippen MR) is 153 cm³/mol. The summed E-state index contributed by atoms with van der Waals surface area (Å²) in [6.07, 6.45) is -0.575. The number of aromatic hydroxyl groups is 6. The van der Waals surface area contributed by atoms with Gasteiger partial charge in [-0.25, -0.2) is 0 Å². The normalized spacial score (nSPS) is 18.9. The molecule has 0 bridgehead atoms. The third kappa shape index (κ3) is 7.50. The topological polar surface area (TPSA) is 199 Å². The van der Waals surface area contributed by atoms with Gasteiger partial charge >= 0.3 is 15.2 Å². The average molecular weight is 635 g/mol. The lowest BCUT2D eigenvalue weighted by Gasteiger charge is -2.47. The van der Waals surface area contributed by atoms with Crippen LogP contribution >= 0.6 is 15.2 Å². The molecule has 6 N–H and O–H groups in total. The first-order chi connectivity index (χ1) is 19.8. The van der Waals surface area contributed by atoms with Gasteiger partial charge in [-0.15, -0.1) is 0 Å². The fourth-order valence-corrected chi connectivity index (χ4v) is 8.57. The van der Waals surface area contributed by atoms with E-state index in [0.717, 1.165) is 0 Å². The standard InChI is InChI=1S/C26H40N2O12P2/c1-5-37-41(35,38-6-2)15-27-13-20(18-10-12-22(30)26(34)24(18)32)28(16-42(36,39-7-3)40-8-4)14-19(27)17-9-11-21(29)25(33)23(17)31/h9-12,19-20,29-34H,5-8,13-16H2,1-4H3. The van der Waals surface area contributed by atoms with Crippen molar-refractivity contribution in [3.05, 3.63) is 35.4 Å². The third-order valence-corrected chi connectivity index (χ3v) is 10.8. The first kappa shape index (κ1) is 34.0. The maximum absolute atomic E-state index is 13.7. The van der Waals surface area contributed by atoms with Gasteiger partial charge in [0.1, 0.15) is 12.6 Å². The van der Waals surface area contributed by atoms with Gasteiger partial charge < -0.3 is 48.7 Å². The fraction of sp³-hybridized carbons (Fsp3) is 0.538. The lowest BCUT2D eigenvalue weighted by Crippen LogP contribution is -2.50. The molecule has 0 spiro atoms. The van der Waals surface area contributed by atoms with Crippen LogP contribution in [0.4, 0.5) is 0 Å². The Hall–Kier alpha value is -2.54. The van der Waals surface area contributed by atoms with Crippen LogP contribution < -0.4 is 0 Å². The van der Waals surface area contributed by atoms with Crippen molar-refractivity contribution in [2.24, 2.45) is 0 Å². The van der Waals surface area contributed by atoms with Crippen LogP contribution in [-0.4, -0.2) is 92.5 Å². The molecule has 0 radical (unpaired) electrons. The summed E-state index contributed by atoms with van der Waals surface area (Å²) in [7, 11) is -7.51. The highest BCUT2D eigenvalue weighted by Gasteiger charge is 2.44. The summed E-state index contributed by atoms with van der Waals surface area (Å²) >= 11 is 0. The maximum Gasteiger partial charge on any atom is 0.344 e. The molecule has 42 heavy (non-hydrogen) atoms. The van der Waals surface area contributed by atoms with Crippen LogP contribution in [0.2, 0.25) is 0 Å². The minimum atomic E-state index is -3.75. The quantitative estimate of drug-likeness (QED) is 0.123. The number of benzene rings is 2. The van der Waals surface area contributed by atoms with Crippen molar-refractivity contribution in [2.45, 2.75) is 39.8 Å². The van der Waals surface area contributed by atoms with E-state index in [2.05, 4.69) is 0 Å². The Labute approximate surface area is 244 Å². The second kappa shape index (κ2) is 14.3. The van der Waals surface area contributed by atoms with E-state index in [1.807, 2.05) is 0 Å². The van der Waals surface area contributed by atoms with Gasteiger partial charge in [0.15, 0.2) is 23.0 Å². The second-order valence-electron chi connectivity index (χ2n) is 9.49. The van der Waals surface area contributed by atoms with Crippen LogP contribution in [0.5, 0.6) is 34.5 Å². The number of rotatable bonds is 14. The highest BCUT2D eigenvalue weighted by molar-refractivity contribution is 7.54. The molecule has 1 fully saturated rings. The minimum absolute atomic E-state index is 0.0636. The summed E-state index contributed by atoms with van der Waals surface area (Å²) in [6.45, 7) is 6.81. The van der Waals surface area contributed by atoms with Crippen molar-refractivity contribution in [2.75, 3.05) is 52.1 Å². The van der Waals surface area contributed by atoms with E-state index < -0.39 is 61.8 Å². The summed E-state index contributed by atoms with van der Waals surface area (Å²) < 4.78 is 49.5. The molecule has 1 saturated heterocycles. The molecule has 3 rings (SSSR count). The molecule has 0 amide bonds. The smallest absolute Gasteiger partial charge is 0.344 e. The van der Waals surface area contributed by atoms with Crippen molar-refractivity contribution >= 4 is 15.2 Å². The second-order valence-corrected chi connectivity index (χ2v) is 13.5. The predicted octanol–water partition coefficient (Wildman–Crippen LogP) is 4.77. The van der Waals surface area contributed by atoms with Crippen LogP contribution in [0.25, 0.3) is 0 Å². The Kier molecular flexibility index (Phi) is 11.6. The van der Waals surface area contributed by atoms with Gasteiger partial charge in [0.05, 0.1) is 38.5 Å². The molecule has 1 aliphatic heterocycles. The summed E-state index contributed by atoms with van der Waals surface area (Å²) in [6, 6.07) is 3.46. The summed E-state index contributed by atoms with van der Waals surface area (Å²) in [5.74, 6) is -3.85. The molecule has 0 aromatic heterocycles. The van der Waals surface area contributed by atoms with Crippen molar-refractivity contribution in [1.29, 1.82) is 0 Å². The van der Waals surface area contributed by atoms with Crippen molar-refractivity contribution in [3.63, 3.8) is 0 Å². The zero-order chi connectivity index (χ0) is 31.2. The van der Waals surface area contributed by atoms with Crippen LogP contribution in [0.15, 0.2) is 24.3 Å². The van der Waals surface area contributed by atoms with Gasteiger partial charge in [-0.05, 0) is 52.0 Å². The number of hydrogen-bond acceptors (Lipinski definition) is 14. The molecule has 236 valence electrons. The van der Waals surface area contributed by atoms with Gasteiger partial charge in [0.2, 0.25) is 11.5 Å². The molecule has 0 aliphatic carbocycles. The van der Waals surface area contributed by atoms with Crippen LogP contribution in [0.3, 0.4) is 0 Å². The summed E-state index contributed by atoms with van der Waals surface area (Å²) in [5, 5.41) is 62.2. The highest BCUT2D eigenvalue weighted by Crippen LogP contribution is 2.56. The van der Waals surface area contributed by atoms with Gasteiger partial charge in [-0.1, -0.05) is 0 Å². The Morgan fingerprint density at radius 1 is 0.595 bits per heavy atom. The summed E-state index contributed by atoms with van der Waals surface area (Å²) in [4.78, 5) is 3.29. The number of phenolic OH excluding ortho intramolecular Hbond substituents is 6. The SMILES string of the molecule is CCOP(=O)(CN1CC(c2ccc(O)c(O)c2O)N(CP(=O)(OCC)OCC)CC1c1ccc(O)c(O)c1O)OCC. The van der Waals surface area contributed by atoms with Crippen LogP contribution in [-0.2, 0) is 27.2 Å². The lowest BCUT2D eigenvalue weighted by molar-refractivity contribution is 0.0354. The van der Waals surface area contributed by atoms with E-state index in [0.29, 0.717) is 0 Å². The zero-order valence-corrected chi connectivity index (χ0v) is 25.8. The average Bonchev–Trinajstić information content (AvgIpc) is 2.92. The third-order valence-electron chi connectivity index (χ3n) is 6.75. The monoisotopic (exact) mass is 634 g/mol. The fourth-order valence-electron chi connectivity index (χ4n) is 5.01. The Balaban J connectivity index is 2.21. The van der Waals surface area contributed by atoms with Crippen LogP contribution in [0, 0.1) is 0 Å². The Bertz CT molecular complexity index is 1210. The maximum atomic E-state index is 13.7. The van der Waals surface area contributed by atoms with E-state index in [9.17, 15) is 39.8 Å². The first-order valence-corrected chi connectivity index (χ1v) is 17.0. The van der Waals surface area contributed by atoms with Crippen molar-refractivity contribution in [3.8, 4) is 34.5 Å². The largest absolute Gasteiger partial charge is 0.504 e. The van der Waals surface area contributed by atoms with Gasteiger partial charge in [0.25, 0.3) is 0 Å². The van der Waals surface area contributed by atoms with Crippen LogP contribution in [0.1, 0.15) is 50.9 Å². The van der Waals surface area contributed by atoms with E-state index in [1.54, 1.807) is 37.5 Å². The van der Waals surface area contributed by atoms with Gasteiger partial charge in [-0.2, -0.15) is 0 Å². The van der Waals surface area contributed by atoms with Crippen molar-refractivity contribution in [1.82, 2.24) is 9.80 Å². The number of hydrogen-bond donors (Lipinski definition) is 6. The zero-order valence-electron chi connectivity index (χ0n) is 24.0. The number of piperazine rings is 1. The van der Waals surface area contributed by atoms with Gasteiger partial charge in [0, 0.05) is 24.2 Å². The summed E-state index contributed by atoms with van der Waals surface area (Å²) in [5.41, 5.74) is 0.294. The Morgan fingerprint density at radius 3 is 1.19 bits per heavy atom. The number of nitrogens with zero attached hydrogens (tertiary/aromatic N) is 2. The molecule has 2 aromatic carbocycles. The molecule has 2 atom stereocenters. The molecular weight excluding hydrogens is 594 g/mol. The van der Waals surface area contributed by atoms with Gasteiger partial charge in [-0.3, -0.25) is 18.9 Å². The van der Waals surface area contributed by atoms with E-state index in [1.165, 1.54) is 24.3 Å². The Morgan fingerprint density at radius 2 is 0.905 bits per heavy atom. The van der Waals surface area contributed by atoms with E-state index in [4.69, 9.17) is 18.1 Å². The lowest BCUT2D eigenvalue weighted by atomic mass is 9.95. The highest BCUT2D eigenvalue weighted by atomic mass is 31.2. The van der Waals surface area contributed by atoms with Crippen molar-refractivity contribution < 1.29 is 57.9 Å². The molecule has 0 saturated carbocycles. The molecular formula is C26H40N2O12P2. The first-order valence-electron chi connectivity index (χ1n) is 13.5. The van der Waals surface area contributed by atoms with E-state index >= 15 is 0 Å². The minimum Gasteiger partial charge on any atom is -0.504 e. The molecule has 16 heteroatoms. The molecule has 2 unspecified atom stereocenters. The molecule has 14 nitrogen and oxygen atoms in total.